The number of nitrogens with zero attached hydrogens (tertiary/aromatic N) is 2. The van der Waals surface area contributed by atoms with Gasteiger partial charge in [0.25, 0.3) is 10.0 Å². The lowest BCUT2D eigenvalue weighted by Crippen LogP contribution is -2.25. The summed E-state index contributed by atoms with van der Waals surface area (Å²) in [4.78, 5) is 10.6. The van der Waals surface area contributed by atoms with E-state index in [0.717, 1.165) is 0 Å². The summed E-state index contributed by atoms with van der Waals surface area (Å²) in [5, 5.41) is 12.6. The van der Waals surface area contributed by atoms with Crippen LogP contribution in [0.5, 0.6) is 0 Å². The Morgan fingerprint density at radius 1 is 1.50 bits per heavy atom. The third-order valence-electron chi connectivity index (χ3n) is 2.62. The molecule has 9 heteroatoms. The highest BCUT2D eigenvalue weighted by Gasteiger charge is 2.21. The van der Waals surface area contributed by atoms with Crippen LogP contribution in [0.4, 0.5) is 0 Å². The van der Waals surface area contributed by atoms with Crippen molar-refractivity contribution in [3.8, 4) is 0 Å². The molecule has 2 rings (SSSR count). The fourth-order valence-corrected chi connectivity index (χ4v) is 3.08. The van der Waals surface area contributed by atoms with Gasteiger partial charge >= 0.3 is 5.97 Å². The first-order valence-electron chi connectivity index (χ1n) is 5.61. The Kier molecular flexibility index (Phi) is 3.64. The molecule has 0 spiro atoms. The number of carboxylic acid groups (broad SMARTS) is 1. The molecule has 2 N–H and O–H groups in total. The Labute approximate surface area is 115 Å². The third kappa shape index (κ3) is 2.73. The minimum absolute atomic E-state index is 0.0579. The van der Waals surface area contributed by atoms with Crippen molar-refractivity contribution in [3.05, 3.63) is 35.4 Å². The van der Waals surface area contributed by atoms with E-state index in [9.17, 15) is 13.2 Å². The van der Waals surface area contributed by atoms with Gasteiger partial charge in [0, 0.05) is 12.6 Å². The number of aromatic nitrogens is 2. The van der Waals surface area contributed by atoms with Crippen LogP contribution in [0.2, 0.25) is 0 Å². The van der Waals surface area contributed by atoms with E-state index in [2.05, 4.69) is 9.82 Å². The molecule has 2 aromatic heterocycles. The molecule has 0 radical (unpaired) electrons. The molecule has 0 fully saturated rings. The molecular formula is C11H13N3O5S. The van der Waals surface area contributed by atoms with Crippen LogP contribution in [0.25, 0.3) is 0 Å². The topological polar surface area (TPSA) is 114 Å². The van der Waals surface area contributed by atoms with Crippen molar-refractivity contribution in [3.63, 3.8) is 0 Å². The summed E-state index contributed by atoms with van der Waals surface area (Å²) in [6.07, 6.45) is 1.45. The molecule has 0 saturated heterocycles. The summed E-state index contributed by atoms with van der Waals surface area (Å²) in [5.41, 5.74) is 0.519. The van der Waals surface area contributed by atoms with Crippen LogP contribution in [0, 0.1) is 6.92 Å². The van der Waals surface area contributed by atoms with Gasteiger partial charge in [-0.15, -0.1) is 0 Å². The second-order valence-electron chi connectivity index (χ2n) is 4.15. The van der Waals surface area contributed by atoms with Crippen molar-refractivity contribution in [1.29, 1.82) is 0 Å². The second-order valence-corrected chi connectivity index (χ2v) is 5.83. The van der Waals surface area contributed by atoms with Crippen LogP contribution in [-0.2, 0) is 23.6 Å². The fraction of sp³-hybridized carbons (Fsp3) is 0.273. The van der Waals surface area contributed by atoms with Crippen molar-refractivity contribution < 1.29 is 22.7 Å². The van der Waals surface area contributed by atoms with Crippen molar-refractivity contribution >= 4 is 16.0 Å². The molecular weight excluding hydrogens is 286 g/mol. The summed E-state index contributed by atoms with van der Waals surface area (Å²) in [6.45, 7) is 1.50. The van der Waals surface area contributed by atoms with Gasteiger partial charge in [-0.1, -0.05) is 0 Å². The Morgan fingerprint density at radius 2 is 2.20 bits per heavy atom. The first-order chi connectivity index (χ1) is 9.31. The number of aryl methyl sites for hydroxylation is 2. The van der Waals surface area contributed by atoms with Crippen LogP contribution < -0.4 is 4.72 Å². The smallest absolute Gasteiger partial charge is 0.371 e. The molecule has 0 unspecified atom stereocenters. The third-order valence-corrected chi connectivity index (χ3v) is 4.24. The van der Waals surface area contributed by atoms with Gasteiger partial charge in [0.2, 0.25) is 5.76 Å². The highest BCUT2D eigenvalue weighted by atomic mass is 32.2. The number of nitrogens with one attached hydrogen (secondary N) is 1. The van der Waals surface area contributed by atoms with Gasteiger partial charge in [0.05, 0.1) is 12.7 Å². The van der Waals surface area contributed by atoms with E-state index in [-0.39, 0.29) is 23.1 Å². The monoisotopic (exact) mass is 299 g/mol. The predicted molar refractivity (Wildman–Crippen MR) is 67.6 cm³/mol. The van der Waals surface area contributed by atoms with Gasteiger partial charge in [0.1, 0.15) is 5.76 Å². The van der Waals surface area contributed by atoms with Crippen LogP contribution >= 0.6 is 0 Å². The molecule has 0 aliphatic heterocycles. The lowest BCUT2D eigenvalue weighted by molar-refractivity contribution is 0.0660. The van der Waals surface area contributed by atoms with Crippen molar-refractivity contribution in [2.45, 2.75) is 18.5 Å². The first-order valence-corrected chi connectivity index (χ1v) is 7.10. The van der Waals surface area contributed by atoms with Gasteiger partial charge < -0.3 is 9.52 Å². The predicted octanol–water partition coefficient (Wildman–Crippen LogP) is 0.498. The fourth-order valence-electron chi connectivity index (χ4n) is 1.74. The van der Waals surface area contributed by atoms with Crippen molar-refractivity contribution in [1.82, 2.24) is 14.5 Å². The number of furan rings is 1. The normalized spacial score (nSPS) is 11.7. The summed E-state index contributed by atoms with van der Waals surface area (Å²) < 4.78 is 32.8. The largest absolute Gasteiger partial charge is 0.475 e. The van der Waals surface area contributed by atoms with Gasteiger partial charge in [-0.25, -0.2) is 17.9 Å². The lowest BCUT2D eigenvalue weighted by Gasteiger charge is -2.06. The molecule has 108 valence electrons. The molecule has 0 aromatic carbocycles. The highest BCUT2D eigenvalue weighted by Crippen LogP contribution is 2.14. The molecule has 0 amide bonds. The Bertz CT molecular complexity index is 724. The molecule has 0 aliphatic carbocycles. The van der Waals surface area contributed by atoms with E-state index in [0.29, 0.717) is 5.56 Å². The molecule has 2 heterocycles. The molecule has 20 heavy (non-hydrogen) atoms. The van der Waals surface area contributed by atoms with E-state index in [4.69, 9.17) is 9.52 Å². The summed E-state index contributed by atoms with van der Waals surface area (Å²) in [5.74, 6) is -1.23. The number of hydrogen-bond donors (Lipinski definition) is 2. The maximum atomic E-state index is 12.1. The molecule has 0 bridgehead atoms. The number of sulfonamides is 1. The Morgan fingerprint density at radius 3 is 2.70 bits per heavy atom. The van der Waals surface area contributed by atoms with Gasteiger partial charge in [-0.05, 0) is 19.1 Å². The van der Waals surface area contributed by atoms with Crippen molar-refractivity contribution in [2.75, 3.05) is 0 Å². The molecule has 0 atom stereocenters. The zero-order valence-electron chi connectivity index (χ0n) is 10.8. The number of carboxylic acids is 1. The SMILES string of the molecule is Cc1cnn(C)c1S(=O)(=O)NCc1ccc(C(=O)O)o1. The zero-order valence-corrected chi connectivity index (χ0v) is 11.6. The second kappa shape index (κ2) is 5.10. The highest BCUT2D eigenvalue weighted by molar-refractivity contribution is 7.89. The number of aromatic carboxylic acids is 1. The standard InChI is InChI=1S/C11H13N3O5S/c1-7-5-12-14(2)10(7)20(17,18)13-6-8-3-4-9(19-8)11(15)16/h3-5,13H,6H2,1-2H3,(H,15,16). The van der Waals surface area contributed by atoms with Crippen molar-refractivity contribution in [2.24, 2.45) is 7.05 Å². The molecule has 0 aliphatic rings. The molecule has 8 nitrogen and oxygen atoms in total. The minimum atomic E-state index is -3.74. The Balaban J connectivity index is 2.15. The van der Waals surface area contributed by atoms with Gasteiger partial charge in [-0.2, -0.15) is 5.10 Å². The van der Waals surface area contributed by atoms with E-state index >= 15 is 0 Å². The van der Waals surface area contributed by atoms with Gasteiger partial charge in [0.15, 0.2) is 5.03 Å². The van der Waals surface area contributed by atoms with Crippen LogP contribution in [0.1, 0.15) is 21.9 Å². The maximum absolute atomic E-state index is 12.1. The van der Waals surface area contributed by atoms with E-state index in [1.807, 2.05) is 0 Å². The number of rotatable bonds is 5. The number of carbonyl (C=O) groups is 1. The van der Waals surface area contributed by atoms with Crippen LogP contribution in [0.3, 0.4) is 0 Å². The summed E-state index contributed by atoms with van der Waals surface area (Å²) >= 11 is 0. The molecule has 2 aromatic rings. The van der Waals surface area contributed by atoms with Gasteiger partial charge in [-0.3, -0.25) is 4.68 Å². The summed E-state index contributed by atoms with van der Waals surface area (Å²) in [7, 11) is -2.22. The number of hydrogen-bond acceptors (Lipinski definition) is 5. The molecule has 0 saturated carbocycles. The van der Waals surface area contributed by atoms with E-state index in [1.54, 1.807) is 6.92 Å². The average Bonchev–Trinajstić information content (AvgIpc) is 2.94. The zero-order chi connectivity index (χ0) is 14.9. The van der Waals surface area contributed by atoms with Crippen LogP contribution in [0.15, 0.2) is 27.8 Å². The van der Waals surface area contributed by atoms with E-state index < -0.39 is 16.0 Å². The first kappa shape index (κ1) is 14.3. The Hall–Kier alpha value is -2.13. The minimum Gasteiger partial charge on any atom is -0.475 e. The van der Waals surface area contributed by atoms with E-state index in [1.165, 1.54) is 30.1 Å². The summed E-state index contributed by atoms with van der Waals surface area (Å²) in [6, 6.07) is 2.67. The van der Waals surface area contributed by atoms with Crippen LogP contribution in [-0.4, -0.2) is 29.3 Å². The average molecular weight is 299 g/mol. The quantitative estimate of drug-likeness (QED) is 0.830. The lowest BCUT2D eigenvalue weighted by atomic mass is 10.4. The maximum Gasteiger partial charge on any atom is 0.371 e.